The van der Waals surface area contributed by atoms with Crippen LogP contribution in [0.15, 0.2) is 0 Å². The molecule has 0 saturated heterocycles. The van der Waals surface area contributed by atoms with Crippen LogP contribution >= 0.6 is 7.82 Å². The molecule has 0 heterocycles. The summed E-state index contributed by atoms with van der Waals surface area (Å²) in [5, 5.41) is 0. The Kier molecular flexibility index (Phi) is 14.9. The van der Waals surface area contributed by atoms with E-state index in [0.717, 1.165) is 0 Å². The van der Waals surface area contributed by atoms with Crippen LogP contribution in [0, 0.1) is 0 Å². The summed E-state index contributed by atoms with van der Waals surface area (Å²) in [6.07, 6.45) is 0. The topological polar surface area (TPSA) is 77.8 Å². The van der Waals surface area contributed by atoms with E-state index in [1.165, 1.54) is 0 Å². The van der Waals surface area contributed by atoms with E-state index >= 15 is 0 Å². The Balaban J connectivity index is -0.0000000133. The molecular weight excluding hydrogens is 275 g/mol. The van der Waals surface area contributed by atoms with Gasteiger partial charge in [-0.2, -0.15) is 0 Å². The summed E-state index contributed by atoms with van der Waals surface area (Å²) in [6.45, 7) is 0. The van der Waals surface area contributed by atoms with Crippen LogP contribution in [0.3, 0.4) is 0 Å². The van der Waals surface area contributed by atoms with Crippen LogP contribution < -0.4 is 0 Å². The number of rotatable bonds is 0. The van der Waals surface area contributed by atoms with E-state index in [4.69, 9.17) is 19.2 Å². The summed E-state index contributed by atoms with van der Waals surface area (Å²) in [4.78, 5) is 21.6. The van der Waals surface area contributed by atoms with Gasteiger partial charge in [0.05, 0.1) is 0 Å². The zero-order chi connectivity index (χ0) is 4.50. The summed E-state index contributed by atoms with van der Waals surface area (Å²) >= 11 is 0. The Labute approximate surface area is 96.3 Å². The third kappa shape index (κ3) is 61.5. The van der Waals surface area contributed by atoms with E-state index in [1.807, 2.05) is 0 Å². The SMILES string of the molecule is O=P(O)(O)O.[H-].[H-].[Nb].[Sr+2]. The second kappa shape index (κ2) is 6.45. The van der Waals surface area contributed by atoms with Crippen molar-refractivity contribution in [1.82, 2.24) is 0 Å². The van der Waals surface area contributed by atoms with E-state index < -0.39 is 7.82 Å². The quantitative estimate of drug-likeness (QED) is 0.389. The van der Waals surface area contributed by atoms with Gasteiger partial charge in [-0.15, -0.1) is 0 Å². The van der Waals surface area contributed by atoms with Crippen molar-refractivity contribution in [2.24, 2.45) is 0 Å². The Hall–Kier alpha value is 2.33. The third-order valence-corrected chi connectivity index (χ3v) is 0. The fraction of sp³-hybridized carbons (Fsp3) is 0. The van der Waals surface area contributed by atoms with Gasteiger partial charge >= 0.3 is 53.3 Å². The Morgan fingerprint density at radius 1 is 1.29 bits per heavy atom. The normalized spacial score (nSPS) is 8.43. The minimum Gasteiger partial charge on any atom is -1.00 e. The largest absolute Gasteiger partial charge is 2.00 e. The van der Waals surface area contributed by atoms with Crippen molar-refractivity contribution in [3.05, 3.63) is 0 Å². The zero-order valence-electron chi connectivity index (χ0n) is 5.35. The standard InChI is InChI=1S/Nb.H3O4P.Sr.2H/c;1-5(2,3)4;;;/h;(H3,1,2,3,4);;;/q;;+2;2*-1. The van der Waals surface area contributed by atoms with Gasteiger partial charge in [-0.05, 0) is 0 Å². The molecule has 3 N–H and O–H groups in total. The van der Waals surface area contributed by atoms with Crippen molar-refractivity contribution < 1.29 is 44.5 Å². The summed E-state index contributed by atoms with van der Waals surface area (Å²) in [5.41, 5.74) is 0. The minimum atomic E-state index is -4.64. The first-order valence-corrected chi connectivity index (χ1v) is 2.35. The van der Waals surface area contributed by atoms with Gasteiger partial charge in [0.1, 0.15) is 0 Å². The summed E-state index contributed by atoms with van der Waals surface area (Å²) in [5.74, 6) is 0. The van der Waals surface area contributed by atoms with Crippen LogP contribution in [0.5, 0.6) is 0 Å². The fourth-order valence-electron chi connectivity index (χ4n) is 0. The first-order chi connectivity index (χ1) is 2.00. The molecule has 1 radical (unpaired) electrons. The number of hydrogen-bond donors (Lipinski definition) is 3. The van der Waals surface area contributed by atoms with Gasteiger partial charge in [0.25, 0.3) is 0 Å². The molecule has 0 aromatic carbocycles. The molecule has 0 unspecified atom stereocenters. The average molecular weight is 281 g/mol. The molecule has 0 fully saturated rings. The molecule has 0 amide bonds. The van der Waals surface area contributed by atoms with Crippen LogP contribution in [0.1, 0.15) is 2.85 Å². The van der Waals surface area contributed by atoms with Crippen molar-refractivity contribution in [3.63, 3.8) is 0 Å². The van der Waals surface area contributed by atoms with E-state index in [1.54, 1.807) is 0 Å². The van der Waals surface area contributed by atoms with E-state index in [9.17, 15) is 0 Å². The smallest absolute Gasteiger partial charge is 1.00 e. The predicted molar refractivity (Wildman–Crippen MR) is 22.2 cm³/mol. The number of hydrogen-bond acceptors (Lipinski definition) is 1. The van der Waals surface area contributed by atoms with Gasteiger partial charge in [0.15, 0.2) is 0 Å². The average Bonchev–Trinajstić information content (AvgIpc) is 0.722. The summed E-state index contributed by atoms with van der Waals surface area (Å²) in [7, 11) is -4.64. The molecule has 0 aliphatic heterocycles. The molecular formula is H5NbO4PSr. The molecule has 4 nitrogen and oxygen atoms in total. The summed E-state index contributed by atoms with van der Waals surface area (Å²) < 4.78 is 8.88. The van der Waals surface area contributed by atoms with E-state index in [0.29, 0.717) is 0 Å². The molecule has 0 rings (SSSR count). The van der Waals surface area contributed by atoms with E-state index in [-0.39, 0.29) is 70.7 Å². The maximum absolute atomic E-state index is 8.88. The van der Waals surface area contributed by atoms with Gasteiger partial charge in [0, 0.05) is 22.4 Å². The monoisotopic (exact) mass is 281 g/mol. The van der Waals surface area contributed by atoms with Gasteiger partial charge in [0.2, 0.25) is 0 Å². The van der Waals surface area contributed by atoms with E-state index in [2.05, 4.69) is 0 Å². The van der Waals surface area contributed by atoms with Crippen molar-refractivity contribution in [3.8, 4) is 0 Å². The molecule has 0 aliphatic carbocycles. The number of phosphoric acid groups is 1. The second-order valence-corrected chi connectivity index (χ2v) is 1.54. The molecule has 0 saturated carbocycles. The van der Waals surface area contributed by atoms with Crippen LogP contribution in [-0.4, -0.2) is 60.2 Å². The molecule has 7 heteroatoms. The Morgan fingerprint density at radius 3 is 1.29 bits per heavy atom. The Morgan fingerprint density at radius 2 is 1.29 bits per heavy atom. The van der Waals surface area contributed by atoms with Crippen LogP contribution in [0.25, 0.3) is 0 Å². The third-order valence-electron chi connectivity index (χ3n) is 0. The molecule has 0 atom stereocenters. The van der Waals surface area contributed by atoms with Crippen LogP contribution in [0.2, 0.25) is 0 Å². The Bertz CT molecular complexity index is 64.7. The molecule has 0 aromatic rings. The maximum atomic E-state index is 8.88. The van der Waals surface area contributed by atoms with Crippen molar-refractivity contribution in [1.29, 1.82) is 0 Å². The van der Waals surface area contributed by atoms with Gasteiger partial charge in [-0.1, -0.05) is 0 Å². The van der Waals surface area contributed by atoms with Crippen LogP contribution in [0.4, 0.5) is 0 Å². The first-order valence-electron chi connectivity index (χ1n) is 0.783. The fourth-order valence-corrected chi connectivity index (χ4v) is 0. The van der Waals surface area contributed by atoms with Gasteiger partial charge < -0.3 is 17.5 Å². The first kappa shape index (κ1) is 16.2. The zero-order valence-corrected chi connectivity index (χ0v) is 9.92. The second-order valence-electron chi connectivity index (χ2n) is 0.513. The van der Waals surface area contributed by atoms with Crippen molar-refractivity contribution in [2.75, 3.05) is 0 Å². The summed E-state index contributed by atoms with van der Waals surface area (Å²) in [6, 6.07) is 0. The molecule has 0 spiro atoms. The van der Waals surface area contributed by atoms with Gasteiger partial charge in [-0.25, -0.2) is 4.57 Å². The van der Waals surface area contributed by atoms with Crippen molar-refractivity contribution >= 4 is 53.3 Å². The molecule has 0 aliphatic rings. The van der Waals surface area contributed by atoms with Gasteiger partial charge in [-0.3, -0.25) is 0 Å². The molecule has 0 bridgehead atoms. The molecule has 0 aromatic heterocycles. The predicted octanol–water partition coefficient (Wildman–Crippen LogP) is -1.09. The minimum absolute atomic E-state index is 0. The van der Waals surface area contributed by atoms with Crippen LogP contribution in [-0.2, 0) is 26.9 Å². The van der Waals surface area contributed by atoms with Crippen molar-refractivity contribution in [2.45, 2.75) is 0 Å². The molecule has 41 valence electrons. The molecule has 7 heavy (non-hydrogen) atoms. The maximum Gasteiger partial charge on any atom is 2.00 e.